The number of nitrogens with zero attached hydrogens (tertiary/aromatic N) is 2. The van der Waals surface area contributed by atoms with E-state index in [0.717, 1.165) is 17.5 Å². The average Bonchev–Trinajstić information content (AvgIpc) is 3.12. The summed E-state index contributed by atoms with van der Waals surface area (Å²) in [6.45, 7) is 3.19. The summed E-state index contributed by atoms with van der Waals surface area (Å²) in [4.78, 5) is 31.2. The summed E-state index contributed by atoms with van der Waals surface area (Å²) in [5.74, 6) is 0.211. The molecule has 0 spiro atoms. The minimum atomic E-state index is -0.478. The Morgan fingerprint density at radius 3 is 2.85 bits per heavy atom. The first kappa shape index (κ1) is 17.7. The highest BCUT2D eigenvalue weighted by atomic mass is 16.5. The van der Waals surface area contributed by atoms with Crippen LogP contribution in [0.5, 0.6) is 0 Å². The Morgan fingerprint density at radius 1 is 1.22 bits per heavy atom. The molecule has 2 aromatic rings. The zero-order chi connectivity index (χ0) is 18.8. The van der Waals surface area contributed by atoms with Crippen molar-refractivity contribution < 1.29 is 14.3 Å². The molecule has 0 radical (unpaired) electrons. The van der Waals surface area contributed by atoms with Crippen LogP contribution in [0.1, 0.15) is 28.8 Å². The van der Waals surface area contributed by atoms with Gasteiger partial charge in [-0.05, 0) is 49.4 Å². The molecule has 3 heterocycles. The molecule has 0 bridgehead atoms. The maximum atomic E-state index is 12.8. The van der Waals surface area contributed by atoms with Crippen molar-refractivity contribution >= 4 is 17.5 Å². The van der Waals surface area contributed by atoms with Gasteiger partial charge in [-0.25, -0.2) is 0 Å². The van der Waals surface area contributed by atoms with Gasteiger partial charge in [0.15, 0.2) is 0 Å². The van der Waals surface area contributed by atoms with E-state index in [-0.39, 0.29) is 17.9 Å². The molecule has 1 aromatic carbocycles. The van der Waals surface area contributed by atoms with Crippen molar-refractivity contribution in [2.75, 3.05) is 18.4 Å². The van der Waals surface area contributed by atoms with Crippen LogP contribution in [0.3, 0.4) is 0 Å². The summed E-state index contributed by atoms with van der Waals surface area (Å²) in [6.07, 6.45) is 4.27. The van der Waals surface area contributed by atoms with Crippen molar-refractivity contribution in [3.05, 3.63) is 59.9 Å². The summed E-state index contributed by atoms with van der Waals surface area (Å²) in [5.41, 5.74) is 2.38. The van der Waals surface area contributed by atoms with Gasteiger partial charge in [-0.2, -0.15) is 0 Å². The third kappa shape index (κ3) is 3.71. The number of hydrogen-bond acceptors (Lipinski definition) is 4. The molecule has 6 heteroatoms. The van der Waals surface area contributed by atoms with Gasteiger partial charge in [0.25, 0.3) is 11.8 Å². The Bertz CT molecular complexity index is 840. The Labute approximate surface area is 158 Å². The number of rotatable bonds is 3. The van der Waals surface area contributed by atoms with E-state index in [1.807, 2.05) is 36.1 Å². The molecule has 6 nitrogen and oxygen atoms in total. The van der Waals surface area contributed by atoms with Crippen molar-refractivity contribution in [3.8, 4) is 0 Å². The number of aryl methyl sites for hydroxylation is 1. The van der Waals surface area contributed by atoms with E-state index in [9.17, 15) is 9.59 Å². The van der Waals surface area contributed by atoms with Crippen LogP contribution in [0.15, 0.2) is 48.8 Å². The lowest BCUT2D eigenvalue weighted by atomic mass is 9.91. The number of carbonyl (C=O) groups excluding carboxylic acids is 2. The van der Waals surface area contributed by atoms with Gasteiger partial charge in [0.1, 0.15) is 6.10 Å². The van der Waals surface area contributed by atoms with E-state index in [0.29, 0.717) is 31.1 Å². The number of carbonyl (C=O) groups is 2. The minimum absolute atomic E-state index is 0.0402. The number of pyridine rings is 1. The van der Waals surface area contributed by atoms with Crippen molar-refractivity contribution in [1.29, 1.82) is 0 Å². The number of likely N-dealkylation sites (tertiary alicyclic amines) is 1. The fraction of sp³-hybridized carbons (Fsp3) is 0.381. The average molecular weight is 365 g/mol. The second kappa shape index (κ2) is 7.48. The summed E-state index contributed by atoms with van der Waals surface area (Å²) in [7, 11) is 0. The van der Waals surface area contributed by atoms with Gasteiger partial charge in [0.05, 0.1) is 18.0 Å². The van der Waals surface area contributed by atoms with Gasteiger partial charge < -0.3 is 15.0 Å². The number of hydrogen-bond donors (Lipinski definition) is 1. The van der Waals surface area contributed by atoms with Gasteiger partial charge in [-0.3, -0.25) is 14.6 Å². The number of amides is 2. The predicted octanol–water partition coefficient (Wildman–Crippen LogP) is 2.65. The number of nitrogens with one attached hydrogen (secondary N) is 1. The molecule has 2 amide bonds. The van der Waals surface area contributed by atoms with Crippen LogP contribution in [-0.4, -0.2) is 47.0 Å². The smallest absolute Gasteiger partial charge is 0.254 e. The molecule has 2 saturated heterocycles. The molecule has 27 heavy (non-hydrogen) atoms. The number of benzene rings is 1. The molecule has 1 N–H and O–H groups in total. The zero-order valence-electron chi connectivity index (χ0n) is 15.3. The van der Waals surface area contributed by atoms with E-state index >= 15 is 0 Å². The first-order valence-corrected chi connectivity index (χ1v) is 9.33. The van der Waals surface area contributed by atoms with E-state index in [2.05, 4.69) is 10.3 Å². The fourth-order valence-corrected chi connectivity index (χ4v) is 3.93. The minimum Gasteiger partial charge on any atom is -0.363 e. The quantitative estimate of drug-likeness (QED) is 0.908. The second-order valence-electron chi connectivity index (χ2n) is 7.24. The number of fused-ring (bicyclic) bond motifs is 1. The lowest BCUT2D eigenvalue weighted by molar-refractivity contribution is -0.127. The molecular formula is C21H23N3O3. The number of piperidine rings is 1. The molecule has 3 atom stereocenters. The SMILES string of the molecule is Cc1ccccc1C(=O)N1CC[C@H]2C[C@H](C(=O)Nc3cccnc3)O[C@H]2C1. The van der Waals surface area contributed by atoms with Gasteiger partial charge in [-0.1, -0.05) is 18.2 Å². The molecule has 4 rings (SSSR count). The molecule has 1 aromatic heterocycles. The van der Waals surface area contributed by atoms with E-state index in [1.54, 1.807) is 24.5 Å². The standard InChI is InChI=1S/C21H23N3O3/c1-14-5-2-3-7-17(14)21(26)24-10-8-15-11-18(27-19(15)13-24)20(25)23-16-6-4-9-22-12-16/h2-7,9,12,15,18-19H,8,10-11,13H2,1H3,(H,23,25)/t15-,18+,19-/m0/s1. The van der Waals surface area contributed by atoms with E-state index < -0.39 is 6.10 Å². The van der Waals surface area contributed by atoms with Crippen LogP contribution in [0.4, 0.5) is 5.69 Å². The number of anilines is 1. The van der Waals surface area contributed by atoms with Crippen molar-refractivity contribution in [2.45, 2.75) is 32.0 Å². The zero-order valence-corrected chi connectivity index (χ0v) is 15.3. The van der Waals surface area contributed by atoms with Crippen LogP contribution in [-0.2, 0) is 9.53 Å². The van der Waals surface area contributed by atoms with Crippen LogP contribution in [0.25, 0.3) is 0 Å². The Hall–Kier alpha value is -2.73. The van der Waals surface area contributed by atoms with Gasteiger partial charge in [0.2, 0.25) is 0 Å². The van der Waals surface area contributed by atoms with Crippen molar-refractivity contribution in [2.24, 2.45) is 5.92 Å². The lowest BCUT2D eigenvalue weighted by Gasteiger charge is -2.34. The molecule has 140 valence electrons. The molecule has 2 aliphatic rings. The van der Waals surface area contributed by atoms with Gasteiger partial charge in [-0.15, -0.1) is 0 Å². The fourth-order valence-electron chi connectivity index (χ4n) is 3.93. The maximum absolute atomic E-state index is 12.8. The first-order chi connectivity index (χ1) is 13.1. The topological polar surface area (TPSA) is 71.5 Å². The first-order valence-electron chi connectivity index (χ1n) is 9.33. The number of ether oxygens (including phenoxy) is 1. The predicted molar refractivity (Wildman–Crippen MR) is 101 cm³/mol. The van der Waals surface area contributed by atoms with Crippen LogP contribution in [0, 0.1) is 12.8 Å². The number of aromatic nitrogens is 1. The summed E-state index contributed by atoms with van der Waals surface area (Å²) in [5, 5.41) is 2.85. The third-order valence-electron chi connectivity index (χ3n) is 5.44. The maximum Gasteiger partial charge on any atom is 0.254 e. The molecule has 0 unspecified atom stereocenters. The summed E-state index contributed by atoms with van der Waals surface area (Å²) < 4.78 is 6.02. The summed E-state index contributed by atoms with van der Waals surface area (Å²) in [6, 6.07) is 11.2. The normalized spacial score (nSPS) is 24.3. The molecular weight excluding hydrogens is 342 g/mol. The van der Waals surface area contributed by atoms with Crippen molar-refractivity contribution in [1.82, 2.24) is 9.88 Å². The molecule has 0 aliphatic carbocycles. The van der Waals surface area contributed by atoms with E-state index in [1.165, 1.54) is 0 Å². The Kier molecular flexibility index (Phi) is 4.90. The monoisotopic (exact) mass is 365 g/mol. The van der Waals surface area contributed by atoms with Crippen LogP contribution < -0.4 is 5.32 Å². The van der Waals surface area contributed by atoms with Gasteiger partial charge >= 0.3 is 0 Å². The third-order valence-corrected chi connectivity index (χ3v) is 5.44. The largest absolute Gasteiger partial charge is 0.363 e. The van der Waals surface area contributed by atoms with Crippen LogP contribution in [0.2, 0.25) is 0 Å². The lowest BCUT2D eigenvalue weighted by Crippen LogP contribution is -2.45. The highest BCUT2D eigenvalue weighted by molar-refractivity contribution is 5.96. The Morgan fingerprint density at radius 2 is 2.07 bits per heavy atom. The van der Waals surface area contributed by atoms with Gasteiger partial charge in [0, 0.05) is 24.8 Å². The van der Waals surface area contributed by atoms with Crippen molar-refractivity contribution in [3.63, 3.8) is 0 Å². The summed E-state index contributed by atoms with van der Waals surface area (Å²) >= 11 is 0. The van der Waals surface area contributed by atoms with Crippen LogP contribution >= 0.6 is 0 Å². The van der Waals surface area contributed by atoms with E-state index in [4.69, 9.17) is 4.74 Å². The highest BCUT2D eigenvalue weighted by Crippen LogP contribution is 2.34. The Balaban J connectivity index is 1.39. The molecule has 0 saturated carbocycles. The highest BCUT2D eigenvalue weighted by Gasteiger charge is 2.43. The second-order valence-corrected chi connectivity index (χ2v) is 7.24. The molecule has 2 aliphatic heterocycles. The molecule has 2 fully saturated rings.